The smallest absolute Gasteiger partial charge is 0.223 e. The molecule has 0 aromatic carbocycles. The molecule has 0 saturated carbocycles. The number of amides is 1. The maximum Gasteiger partial charge on any atom is 0.223 e. The van der Waals surface area contributed by atoms with Gasteiger partial charge in [0, 0.05) is 23.9 Å². The Morgan fingerprint density at radius 2 is 2.26 bits per heavy atom. The summed E-state index contributed by atoms with van der Waals surface area (Å²) in [7, 11) is 0. The standard InChI is InChI=1S/C14H21BrN2OS/c1-9(2)8-17-13(18)5-3-4-10(16)14(17)11-6-7-12(15)19-11/h6-7,9-10,14H,3-5,8,16H2,1-2H3. The van der Waals surface area contributed by atoms with Crippen LogP contribution in [0.15, 0.2) is 15.9 Å². The maximum absolute atomic E-state index is 12.3. The van der Waals surface area contributed by atoms with Crippen LogP contribution in [0.2, 0.25) is 0 Å². The number of rotatable bonds is 3. The molecule has 0 bridgehead atoms. The molecule has 106 valence electrons. The highest BCUT2D eigenvalue weighted by molar-refractivity contribution is 9.11. The van der Waals surface area contributed by atoms with Gasteiger partial charge < -0.3 is 10.6 Å². The zero-order chi connectivity index (χ0) is 14.0. The SMILES string of the molecule is CC(C)CN1C(=O)CCCC(N)C1c1ccc(Br)s1. The molecule has 2 N–H and O–H groups in total. The number of carbonyl (C=O) groups is 1. The van der Waals surface area contributed by atoms with Gasteiger partial charge in [-0.25, -0.2) is 0 Å². The first-order chi connectivity index (χ1) is 8.99. The van der Waals surface area contributed by atoms with E-state index in [0.717, 1.165) is 23.2 Å². The Bertz CT molecular complexity index is 446. The molecular formula is C14H21BrN2OS. The number of halogens is 1. The summed E-state index contributed by atoms with van der Waals surface area (Å²) >= 11 is 5.18. The Labute approximate surface area is 127 Å². The number of carbonyl (C=O) groups excluding carboxylic acids is 1. The topological polar surface area (TPSA) is 46.3 Å². The van der Waals surface area contributed by atoms with Crippen molar-refractivity contribution in [1.29, 1.82) is 0 Å². The first-order valence-electron chi connectivity index (χ1n) is 6.79. The van der Waals surface area contributed by atoms with E-state index < -0.39 is 0 Å². The molecule has 1 aliphatic heterocycles. The Kier molecular flexibility index (Phi) is 5.03. The van der Waals surface area contributed by atoms with Crippen LogP contribution in [0.1, 0.15) is 44.0 Å². The molecule has 1 aromatic heterocycles. The minimum atomic E-state index is 0.0358. The zero-order valence-electron chi connectivity index (χ0n) is 11.4. The summed E-state index contributed by atoms with van der Waals surface area (Å²) in [5.74, 6) is 0.705. The molecular weight excluding hydrogens is 324 g/mol. The number of hydrogen-bond acceptors (Lipinski definition) is 3. The summed E-state index contributed by atoms with van der Waals surface area (Å²) in [6.45, 7) is 5.07. The third-order valence-electron chi connectivity index (χ3n) is 3.44. The first kappa shape index (κ1) is 15.0. The molecule has 1 amide bonds. The van der Waals surface area contributed by atoms with Crippen LogP contribution in [-0.2, 0) is 4.79 Å². The molecule has 3 nitrogen and oxygen atoms in total. The van der Waals surface area contributed by atoms with Crippen molar-refractivity contribution >= 4 is 33.2 Å². The number of hydrogen-bond donors (Lipinski definition) is 1. The number of thiophene rings is 1. The van der Waals surface area contributed by atoms with Gasteiger partial charge in [-0.1, -0.05) is 13.8 Å². The van der Waals surface area contributed by atoms with Crippen LogP contribution in [-0.4, -0.2) is 23.4 Å². The van der Waals surface area contributed by atoms with Crippen molar-refractivity contribution in [2.45, 2.75) is 45.2 Å². The first-order valence-corrected chi connectivity index (χ1v) is 8.40. The largest absolute Gasteiger partial charge is 0.333 e. The van der Waals surface area contributed by atoms with E-state index in [9.17, 15) is 4.79 Å². The second-order valence-electron chi connectivity index (χ2n) is 5.58. The number of nitrogens with two attached hydrogens (primary N) is 1. The lowest BCUT2D eigenvalue weighted by Gasteiger charge is -2.34. The van der Waals surface area contributed by atoms with Crippen LogP contribution in [0.5, 0.6) is 0 Å². The van der Waals surface area contributed by atoms with Crippen molar-refractivity contribution in [1.82, 2.24) is 4.90 Å². The molecule has 2 heterocycles. The summed E-state index contributed by atoms with van der Waals surface area (Å²) in [6.07, 6.45) is 2.45. The third kappa shape index (κ3) is 3.58. The molecule has 19 heavy (non-hydrogen) atoms. The molecule has 1 aliphatic rings. The van der Waals surface area contributed by atoms with Crippen molar-refractivity contribution in [3.63, 3.8) is 0 Å². The summed E-state index contributed by atoms with van der Waals surface area (Å²) in [5, 5.41) is 0. The Hall–Kier alpha value is -0.390. The lowest BCUT2D eigenvalue weighted by Crippen LogP contribution is -2.43. The summed E-state index contributed by atoms with van der Waals surface area (Å²) in [5.41, 5.74) is 6.35. The van der Waals surface area contributed by atoms with Crippen LogP contribution < -0.4 is 5.73 Å². The van der Waals surface area contributed by atoms with E-state index in [4.69, 9.17) is 5.73 Å². The van der Waals surface area contributed by atoms with Gasteiger partial charge in [-0.05, 0) is 46.8 Å². The van der Waals surface area contributed by atoms with E-state index in [1.165, 1.54) is 4.88 Å². The lowest BCUT2D eigenvalue weighted by atomic mass is 10.0. The Morgan fingerprint density at radius 1 is 1.53 bits per heavy atom. The average molecular weight is 345 g/mol. The fraction of sp³-hybridized carbons (Fsp3) is 0.643. The summed E-state index contributed by atoms with van der Waals surface area (Å²) in [4.78, 5) is 15.5. The van der Waals surface area contributed by atoms with Gasteiger partial charge >= 0.3 is 0 Å². The quantitative estimate of drug-likeness (QED) is 0.911. The lowest BCUT2D eigenvalue weighted by molar-refractivity contribution is -0.133. The minimum Gasteiger partial charge on any atom is -0.333 e. The second kappa shape index (κ2) is 6.37. The van der Waals surface area contributed by atoms with Crippen molar-refractivity contribution in [2.24, 2.45) is 11.7 Å². The van der Waals surface area contributed by atoms with Gasteiger partial charge in [-0.3, -0.25) is 4.79 Å². The zero-order valence-corrected chi connectivity index (χ0v) is 13.8. The summed E-state index contributed by atoms with van der Waals surface area (Å²) < 4.78 is 1.09. The molecule has 2 unspecified atom stereocenters. The van der Waals surface area contributed by atoms with E-state index in [-0.39, 0.29) is 18.0 Å². The van der Waals surface area contributed by atoms with Crippen molar-refractivity contribution in [3.8, 4) is 0 Å². The highest BCUT2D eigenvalue weighted by Crippen LogP contribution is 2.36. The summed E-state index contributed by atoms with van der Waals surface area (Å²) in [6, 6.07) is 4.20. The highest BCUT2D eigenvalue weighted by atomic mass is 79.9. The van der Waals surface area contributed by atoms with Crippen LogP contribution in [0.4, 0.5) is 0 Å². The molecule has 0 spiro atoms. The fourth-order valence-electron chi connectivity index (χ4n) is 2.64. The monoisotopic (exact) mass is 344 g/mol. The average Bonchev–Trinajstić information content (AvgIpc) is 2.68. The minimum absolute atomic E-state index is 0.0358. The van der Waals surface area contributed by atoms with Gasteiger partial charge in [-0.2, -0.15) is 0 Å². The molecule has 2 atom stereocenters. The van der Waals surface area contributed by atoms with Crippen LogP contribution in [0.25, 0.3) is 0 Å². The molecule has 0 radical (unpaired) electrons. The van der Waals surface area contributed by atoms with Gasteiger partial charge in [-0.15, -0.1) is 11.3 Å². The van der Waals surface area contributed by atoms with Crippen LogP contribution >= 0.6 is 27.3 Å². The highest BCUT2D eigenvalue weighted by Gasteiger charge is 2.33. The van der Waals surface area contributed by atoms with Gasteiger partial charge in [0.05, 0.1) is 9.83 Å². The van der Waals surface area contributed by atoms with Crippen LogP contribution in [0, 0.1) is 5.92 Å². The molecule has 2 rings (SSSR count). The van der Waals surface area contributed by atoms with Crippen molar-refractivity contribution < 1.29 is 4.79 Å². The Balaban J connectivity index is 2.33. The number of likely N-dealkylation sites (tertiary alicyclic amines) is 1. The van der Waals surface area contributed by atoms with E-state index >= 15 is 0 Å². The maximum atomic E-state index is 12.3. The van der Waals surface area contributed by atoms with Crippen molar-refractivity contribution in [3.05, 3.63) is 20.8 Å². The Morgan fingerprint density at radius 3 is 2.84 bits per heavy atom. The van der Waals surface area contributed by atoms with E-state index in [0.29, 0.717) is 12.3 Å². The van der Waals surface area contributed by atoms with E-state index in [2.05, 4.69) is 35.8 Å². The second-order valence-corrected chi connectivity index (χ2v) is 8.08. The van der Waals surface area contributed by atoms with Crippen molar-refractivity contribution in [2.75, 3.05) is 6.54 Å². The van der Waals surface area contributed by atoms with Crippen LogP contribution in [0.3, 0.4) is 0 Å². The predicted molar refractivity (Wildman–Crippen MR) is 83.1 cm³/mol. The molecule has 0 aliphatic carbocycles. The number of nitrogens with zero attached hydrogens (tertiary/aromatic N) is 1. The molecule has 1 aromatic rings. The van der Waals surface area contributed by atoms with Gasteiger partial charge in [0.1, 0.15) is 0 Å². The predicted octanol–water partition coefficient (Wildman–Crippen LogP) is 3.55. The third-order valence-corrected chi connectivity index (χ3v) is 5.13. The van der Waals surface area contributed by atoms with Gasteiger partial charge in [0.15, 0.2) is 0 Å². The van der Waals surface area contributed by atoms with Gasteiger partial charge in [0.25, 0.3) is 0 Å². The molecule has 1 saturated heterocycles. The van der Waals surface area contributed by atoms with Gasteiger partial charge in [0.2, 0.25) is 5.91 Å². The fourth-order valence-corrected chi connectivity index (χ4v) is 4.25. The molecule has 1 fully saturated rings. The van der Waals surface area contributed by atoms with E-state index in [1.54, 1.807) is 11.3 Å². The van der Waals surface area contributed by atoms with E-state index in [1.807, 2.05) is 11.0 Å². The molecule has 5 heteroatoms. The normalized spacial score (nSPS) is 24.9.